The van der Waals surface area contributed by atoms with Gasteiger partial charge in [-0.2, -0.15) is 5.26 Å². The third kappa shape index (κ3) is 2.75. The number of nitrogens with zero attached hydrogens (tertiary/aromatic N) is 1. The van der Waals surface area contributed by atoms with E-state index in [4.69, 9.17) is 19.5 Å². The highest BCUT2D eigenvalue weighted by Crippen LogP contribution is 2.20. The predicted octanol–water partition coefficient (Wildman–Crippen LogP) is 2.74. The second-order valence-corrected chi connectivity index (χ2v) is 3.88. The normalized spacial score (nSPS) is 9.89. The van der Waals surface area contributed by atoms with Gasteiger partial charge in [-0.05, 0) is 25.1 Å². The van der Waals surface area contributed by atoms with Gasteiger partial charge in [-0.3, -0.25) is 0 Å². The number of aryl methyl sites for hydroxylation is 1. The molecule has 0 radical (unpaired) electrons. The third-order valence-electron chi connectivity index (χ3n) is 2.58. The largest absolute Gasteiger partial charge is 0.484 e. The molecule has 5 nitrogen and oxygen atoms in total. The summed E-state index contributed by atoms with van der Waals surface area (Å²) in [6.45, 7) is 1.66. The summed E-state index contributed by atoms with van der Waals surface area (Å²) in [4.78, 5) is 10.9. The zero-order valence-corrected chi connectivity index (χ0v) is 10.2. The molecule has 2 aromatic rings. The molecule has 0 saturated heterocycles. The minimum absolute atomic E-state index is 0.0762. The second kappa shape index (κ2) is 5.27. The molecule has 1 aromatic carbocycles. The Morgan fingerprint density at radius 2 is 2.21 bits per heavy atom. The van der Waals surface area contributed by atoms with Crippen LogP contribution in [0.25, 0.3) is 0 Å². The highest BCUT2D eigenvalue weighted by Gasteiger charge is 2.14. The van der Waals surface area contributed by atoms with Crippen molar-refractivity contribution in [3.63, 3.8) is 0 Å². The van der Waals surface area contributed by atoms with Crippen LogP contribution in [0.5, 0.6) is 5.75 Å². The third-order valence-corrected chi connectivity index (χ3v) is 2.58. The molecule has 0 unspecified atom stereocenters. The van der Waals surface area contributed by atoms with Crippen molar-refractivity contribution in [3.05, 3.63) is 53.0 Å². The standard InChI is InChI=1S/C14H11NO4/c1-9-12(14(16)17)6-11(19-9)8-18-13-5-3-2-4-10(13)7-15/h2-6H,8H2,1H3,(H,16,17). The van der Waals surface area contributed by atoms with Crippen molar-refractivity contribution in [2.24, 2.45) is 0 Å². The van der Waals surface area contributed by atoms with Crippen LogP contribution in [0.1, 0.15) is 27.4 Å². The average Bonchev–Trinajstić information content (AvgIpc) is 2.78. The minimum Gasteiger partial charge on any atom is -0.484 e. The Morgan fingerprint density at radius 1 is 1.47 bits per heavy atom. The van der Waals surface area contributed by atoms with Crippen LogP contribution in [0.4, 0.5) is 0 Å². The molecule has 96 valence electrons. The first-order valence-corrected chi connectivity index (χ1v) is 5.56. The molecular weight excluding hydrogens is 246 g/mol. The van der Waals surface area contributed by atoms with E-state index in [2.05, 4.69) is 0 Å². The van der Waals surface area contributed by atoms with Crippen LogP contribution in [-0.2, 0) is 6.61 Å². The lowest BCUT2D eigenvalue weighted by Crippen LogP contribution is -1.97. The molecule has 0 saturated carbocycles. The molecule has 0 amide bonds. The van der Waals surface area contributed by atoms with Crippen molar-refractivity contribution in [2.75, 3.05) is 0 Å². The fraction of sp³-hybridized carbons (Fsp3) is 0.143. The molecule has 0 bridgehead atoms. The number of benzene rings is 1. The Hall–Kier alpha value is -2.74. The van der Waals surface area contributed by atoms with Gasteiger partial charge in [0.1, 0.15) is 35.5 Å². The highest BCUT2D eigenvalue weighted by atomic mass is 16.5. The average molecular weight is 257 g/mol. The summed E-state index contributed by atoms with van der Waals surface area (Å²) in [6, 6.07) is 10.3. The van der Waals surface area contributed by atoms with Crippen LogP contribution in [0, 0.1) is 18.3 Å². The van der Waals surface area contributed by atoms with Crippen molar-refractivity contribution in [3.8, 4) is 11.8 Å². The van der Waals surface area contributed by atoms with Gasteiger partial charge in [0, 0.05) is 0 Å². The first kappa shape index (κ1) is 12.7. The van der Waals surface area contributed by atoms with Gasteiger partial charge in [0.05, 0.1) is 5.56 Å². The molecule has 5 heteroatoms. The quantitative estimate of drug-likeness (QED) is 0.910. The van der Waals surface area contributed by atoms with E-state index >= 15 is 0 Å². The maximum absolute atomic E-state index is 10.9. The van der Waals surface area contributed by atoms with E-state index in [1.807, 2.05) is 6.07 Å². The Morgan fingerprint density at radius 3 is 2.84 bits per heavy atom. The number of rotatable bonds is 4. The fourth-order valence-corrected chi connectivity index (χ4v) is 1.66. The summed E-state index contributed by atoms with van der Waals surface area (Å²) >= 11 is 0. The Balaban J connectivity index is 2.13. The molecule has 0 aliphatic heterocycles. The molecule has 0 aliphatic rings. The van der Waals surface area contributed by atoms with Crippen LogP contribution in [0.3, 0.4) is 0 Å². The predicted molar refractivity (Wildman–Crippen MR) is 65.9 cm³/mol. The second-order valence-electron chi connectivity index (χ2n) is 3.88. The van der Waals surface area contributed by atoms with Gasteiger partial charge in [0.2, 0.25) is 0 Å². The molecular formula is C14H11NO4. The first-order valence-electron chi connectivity index (χ1n) is 5.56. The van der Waals surface area contributed by atoms with Gasteiger partial charge in [0.15, 0.2) is 0 Å². The van der Waals surface area contributed by atoms with E-state index in [1.54, 1.807) is 31.2 Å². The van der Waals surface area contributed by atoms with Gasteiger partial charge in [0.25, 0.3) is 0 Å². The monoisotopic (exact) mass is 257 g/mol. The lowest BCUT2D eigenvalue weighted by atomic mass is 10.2. The number of furan rings is 1. The summed E-state index contributed by atoms with van der Waals surface area (Å²) in [5.74, 6) is 0.142. The van der Waals surface area contributed by atoms with Gasteiger partial charge < -0.3 is 14.3 Å². The minimum atomic E-state index is -1.04. The zero-order chi connectivity index (χ0) is 13.8. The number of carbonyl (C=O) groups is 1. The summed E-state index contributed by atoms with van der Waals surface area (Å²) in [5, 5.41) is 17.8. The van der Waals surface area contributed by atoms with Gasteiger partial charge in [-0.15, -0.1) is 0 Å². The summed E-state index contributed by atoms with van der Waals surface area (Å²) in [6.07, 6.45) is 0. The summed E-state index contributed by atoms with van der Waals surface area (Å²) < 4.78 is 10.7. The highest BCUT2D eigenvalue weighted by molar-refractivity contribution is 5.88. The number of carboxylic acid groups (broad SMARTS) is 1. The molecule has 1 aromatic heterocycles. The van der Waals surface area contributed by atoms with Crippen molar-refractivity contribution in [1.82, 2.24) is 0 Å². The van der Waals surface area contributed by atoms with Crippen molar-refractivity contribution in [2.45, 2.75) is 13.5 Å². The molecule has 0 fully saturated rings. The number of hydrogen-bond donors (Lipinski definition) is 1. The topological polar surface area (TPSA) is 83.5 Å². The Labute approximate surface area is 109 Å². The van der Waals surface area contributed by atoms with Crippen LogP contribution in [0.15, 0.2) is 34.7 Å². The molecule has 0 atom stereocenters. The van der Waals surface area contributed by atoms with Gasteiger partial charge >= 0.3 is 5.97 Å². The zero-order valence-electron chi connectivity index (χ0n) is 10.2. The van der Waals surface area contributed by atoms with E-state index in [-0.39, 0.29) is 12.2 Å². The lowest BCUT2D eigenvalue weighted by Gasteiger charge is -2.05. The number of aromatic carboxylic acids is 1. The number of hydrogen-bond acceptors (Lipinski definition) is 4. The van der Waals surface area contributed by atoms with Crippen LogP contribution >= 0.6 is 0 Å². The molecule has 1 heterocycles. The number of para-hydroxylation sites is 1. The number of nitriles is 1. The molecule has 1 N–H and O–H groups in total. The van der Waals surface area contributed by atoms with Crippen molar-refractivity contribution in [1.29, 1.82) is 5.26 Å². The Bertz CT molecular complexity index is 652. The lowest BCUT2D eigenvalue weighted by molar-refractivity contribution is 0.0695. The van der Waals surface area contributed by atoms with Crippen LogP contribution in [-0.4, -0.2) is 11.1 Å². The molecule has 2 rings (SSSR count). The summed E-state index contributed by atoms with van der Waals surface area (Å²) in [7, 11) is 0. The molecule has 0 aliphatic carbocycles. The number of ether oxygens (including phenoxy) is 1. The van der Waals surface area contributed by atoms with E-state index < -0.39 is 5.97 Å². The first-order chi connectivity index (χ1) is 9.11. The molecule has 0 spiro atoms. The number of carboxylic acids is 1. The fourth-order valence-electron chi connectivity index (χ4n) is 1.66. The van der Waals surface area contributed by atoms with E-state index in [9.17, 15) is 4.79 Å². The van der Waals surface area contributed by atoms with Gasteiger partial charge in [-0.25, -0.2) is 4.79 Å². The van der Waals surface area contributed by atoms with E-state index in [0.29, 0.717) is 22.8 Å². The smallest absolute Gasteiger partial charge is 0.339 e. The SMILES string of the molecule is Cc1oc(COc2ccccc2C#N)cc1C(=O)O. The molecule has 19 heavy (non-hydrogen) atoms. The van der Waals surface area contributed by atoms with Crippen molar-refractivity contribution < 1.29 is 19.1 Å². The van der Waals surface area contributed by atoms with E-state index in [0.717, 1.165) is 0 Å². The van der Waals surface area contributed by atoms with Crippen LogP contribution in [0.2, 0.25) is 0 Å². The van der Waals surface area contributed by atoms with Crippen molar-refractivity contribution >= 4 is 5.97 Å². The van der Waals surface area contributed by atoms with E-state index in [1.165, 1.54) is 6.07 Å². The van der Waals surface area contributed by atoms with Gasteiger partial charge in [-0.1, -0.05) is 12.1 Å². The Kier molecular flexibility index (Phi) is 3.53. The van der Waals surface area contributed by atoms with Crippen LogP contribution < -0.4 is 4.74 Å². The maximum atomic E-state index is 10.9. The maximum Gasteiger partial charge on any atom is 0.339 e. The summed E-state index contributed by atoms with van der Waals surface area (Å²) in [5.41, 5.74) is 0.538.